The average Bonchev–Trinajstić information content (AvgIpc) is 3.09. The van der Waals surface area contributed by atoms with Crippen molar-refractivity contribution in [3.8, 4) is 0 Å². The summed E-state index contributed by atoms with van der Waals surface area (Å²) in [4.78, 5) is 20.8. The van der Waals surface area contributed by atoms with Gasteiger partial charge in [-0.25, -0.2) is 9.37 Å². The van der Waals surface area contributed by atoms with Crippen LogP contribution in [0.3, 0.4) is 0 Å². The number of alkyl halides is 3. The molecule has 0 spiro atoms. The second kappa shape index (κ2) is 5.82. The monoisotopic (exact) mass is 329 g/mol. The van der Waals surface area contributed by atoms with Crippen LogP contribution in [0.4, 0.5) is 17.6 Å². The first-order valence-electron chi connectivity index (χ1n) is 7.35. The third kappa shape index (κ3) is 3.46. The van der Waals surface area contributed by atoms with Gasteiger partial charge in [-0.1, -0.05) is 0 Å². The zero-order chi connectivity index (χ0) is 16.6. The van der Waals surface area contributed by atoms with Crippen LogP contribution in [0.15, 0.2) is 18.2 Å². The number of nitrogens with one attached hydrogen (secondary N) is 1. The van der Waals surface area contributed by atoms with E-state index in [-0.39, 0.29) is 6.04 Å². The quantitative estimate of drug-likeness (QED) is 0.873. The first-order valence-corrected chi connectivity index (χ1v) is 7.35. The number of likely N-dealkylation sites (tertiary alicyclic amines) is 1. The predicted molar refractivity (Wildman–Crippen MR) is 75.0 cm³/mol. The van der Waals surface area contributed by atoms with Gasteiger partial charge in [-0.05, 0) is 31.0 Å². The van der Waals surface area contributed by atoms with Crippen molar-refractivity contribution in [1.82, 2.24) is 14.9 Å². The van der Waals surface area contributed by atoms with E-state index in [0.29, 0.717) is 36.2 Å². The molecule has 2 aromatic rings. The molecule has 0 bridgehead atoms. The molecule has 0 saturated carbocycles. The van der Waals surface area contributed by atoms with Crippen LogP contribution in [-0.4, -0.2) is 33.5 Å². The van der Waals surface area contributed by atoms with Crippen molar-refractivity contribution in [3.05, 3.63) is 29.8 Å². The molecule has 1 aromatic heterocycles. The number of hydrogen-bond acceptors (Lipinski definition) is 2. The number of nitrogens with zero attached hydrogens (tertiary/aromatic N) is 2. The molecule has 4 nitrogen and oxygen atoms in total. The fourth-order valence-corrected chi connectivity index (χ4v) is 2.90. The van der Waals surface area contributed by atoms with Crippen LogP contribution in [0.1, 0.15) is 37.5 Å². The summed E-state index contributed by atoms with van der Waals surface area (Å²) in [6.07, 6.45) is -4.70. The van der Waals surface area contributed by atoms with E-state index < -0.39 is 30.7 Å². The van der Waals surface area contributed by atoms with E-state index in [0.717, 1.165) is 0 Å². The smallest absolute Gasteiger partial charge is 0.340 e. The van der Waals surface area contributed by atoms with Crippen molar-refractivity contribution in [2.75, 3.05) is 6.54 Å². The minimum Gasteiger partial charge on any atom is -0.340 e. The molecule has 1 saturated heterocycles. The van der Waals surface area contributed by atoms with Gasteiger partial charge < -0.3 is 9.88 Å². The number of rotatable bonds is 3. The Bertz CT molecular complexity index is 725. The van der Waals surface area contributed by atoms with Gasteiger partial charge >= 0.3 is 6.18 Å². The van der Waals surface area contributed by atoms with Crippen molar-refractivity contribution >= 4 is 16.9 Å². The minimum atomic E-state index is -4.35. The zero-order valence-corrected chi connectivity index (χ0v) is 12.2. The maximum absolute atomic E-state index is 13.2. The van der Waals surface area contributed by atoms with Crippen LogP contribution in [0.25, 0.3) is 11.0 Å². The van der Waals surface area contributed by atoms with Crippen LogP contribution in [0, 0.1) is 5.82 Å². The normalized spacial score (nSPS) is 18.8. The number of H-pyrrole nitrogens is 1. The van der Waals surface area contributed by atoms with Gasteiger partial charge in [0.2, 0.25) is 5.91 Å². The lowest BCUT2D eigenvalue weighted by atomic mass is 10.2. The van der Waals surface area contributed by atoms with Gasteiger partial charge in [0, 0.05) is 13.0 Å². The second-order valence-electron chi connectivity index (χ2n) is 5.64. The summed E-state index contributed by atoms with van der Waals surface area (Å²) >= 11 is 0. The topological polar surface area (TPSA) is 49.0 Å². The molecule has 1 aliphatic heterocycles. The van der Waals surface area contributed by atoms with E-state index in [1.165, 1.54) is 23.1 Å². The predicted octanol–water partition coefficient (Wildman–Crippen LogP) is 3.71. The molecule has 1 atom stereocenters. The molecule has 0 radical (unpaired) electrons. The first kappa shape index (κ1) is 15.8. The van der Waals surface area contributed by atoms with Crippen LogP contribution >= 0.6 is 0 Å². The van der Waals surface area contributed by atoms with Crippen LogP contribution in [0.2, 0.25) is 0 Å². The molecule has 2 heterocycles. The summed E-state index contributed by atoms with van der Waals surface area (Å²) in [7, 11) is 0. The highest BCUT2D eigenvalue weighted by Gasteiger charge is 2.34. The fourth-order valence-electron chi connectivity index (χ4n) is 2.90. The highest BCUT2D eigenvalue weighted by atomic mass is 19.4. The number of aromatic nitrogens is 2. The molecule has 1 unspecified atom stereocenters. The van der Waals surface area contributed by atoms with Gasteiger partial charge in [-0.2, -0.15) is 13.2 Å². The minimum absolute atomic E-state index is 0.383. The maximum atomic E-state index is 13.2. The Morgan fingerprint density at radius 3 is 2.91 bits per heavy atom. The van der Waals surface area contributed by atoms with Crippen molar-refractivity contribution < 1.29 is 22.4 Å². The molecule has 1 amide bonds. The molecule has 23 heavy (non-hydrogen) atoms. The number of fused-ring (bicyclic) bond motifs is 1. The summed E-state index contributed by atoms with van der Waals surface area (Å²) in [6, 6.07) is 3.73. The van der Waals surface area contributed by atoms with Gasteiger partial charge in [0.05, 0.1) is 23.5 Å². The molecule has 1 aliphatic rings. The Morgan fingerprint density at radius 1 is 1.39 bits per heavy atom. The highest BCUT2D eigenvalue weighted by Crippen LogP contribution is 2.33. The largest absolute Gasteiger partial charge is 0.389 e. The van der Waals surface area contributed by atoms with Crippen LogP contribution in [-0.2, 0) is 4.79 Å². The van der Waals surface area contributed by atoms with E-state index >= 15 is 0 Å². The Balaban J connectivity index is 1.78. The molecule has 1 fully saturated rings. The maximum Gasteiger partial charge on any atom is 0.389 e. The van der Waals surface area contributed by atoms with Crippen LogP contribution < -0.4 is 0 Å². The molecular weight excluding hydrogens is 314 g/mol. The summed E-state index contributed by atoms with van der Waals surface area (Å²) < 4.78 is 50.0. The van der Waals surface area contributed by atoms with Crippen molar-refractivity contribution in [3.63, 3.8) is 0 Å². The van der Waals surface area contributed by atoms with E-state index in [1.54, 1.807) is 0 Å². The summed E-state index contributed by atoms with van der Waals surface area (Å²) in [5.74, 6) is -0.447. The van der Waals surface area contributed by atoms with E-state index in [4.69, 9.17) is 0 Å². The number of halogens is 4. The first-order chi connectivity index (χ1) is 10.8. The molecule has 0 aliphatic carbocycles. The van der Waals surface area contributed by atoms with E-state index in [1.807, 2.05) is 0 Å². The Kier molecular flexibility index (Phi) is 3.99. The Labute approximate surface area is 129 Å². The fraction of sp³-hybridized carbons (Fsp3) is 0.467. The van der Waals surface area contributed by atoms with Crippen molar-refractivity contribution in [2.45, 2.75) is 37.9 Å². The number of amides is 1. The number of benzene rings is 1. The lowest BCUT2D eigenvalue weighted by Gasteiger charge is -2.23. The Morgan fingerprint density at radius 2 is 2.17 bits per heavy atom. The molecule has 1 N–H and O–H groups in total. The van der Waals surface area contributed by atoms with Crippen molar-refractivity contribution in [1.29, 1.82) is 0 Å². The SMILES string of the molecule is O=C(CCC(F)(F)F)N1CCCC1c1nc2ccc(F)cc2[nH]1. The summed E-state index contributed by atoms with van der Waals surface area (Å²) in [5, 5.41) is 0. The molecular formula is C15H15F4N3O. The Hall–Kier alpha value is -2.12. The second-order valence-corrected chi connectivity index (χ2v) is 5.64. The standard InChI is InChI=1S/C15H15F4N3O/c16-9-3-4-10-11(8-9)21-14(20-10)12-2-1-7-22(12)13(23)5-6-15(17,18)19/h3-4,8,12H,1-2,5-7H2,(H,20,21). The highest BCUT2D eigenvalue weighted by molar-refractivity contribution is 5.78. The number of hydrogen-bond donors (Lipinski definition) is 1. The summed E-state index contributed by atoms with van der Waals surface area (Å²) in [5.41, 5.74) is 1.07. The number of carbonyl (C=O) groups is 1. The molecule has 8 heteroatoms. The third-order valence-corrected chi connectivity index (χ3v) is 3.97. The lowest BCUT2D eigenvalue weighted by molar-refractivity contribution is -0.149. The van der Waals surface area contributed by atoms with Gasteiger partial charge in [0.1, 0.15) is 11.6 Å². The van der Waals surface area contributed by atoms with Gasteiger partial charge in [0.25, 0.3) is 0 Å². The number of aromatic amines is 1. The van der Waals surface area contributed by atoms with E-state index in [9.17, 15) is 22.4 Å². The van der Waals surface area contributed by atoms with E-state index in [2.05, 4.69) is 9.97 Å². The van der Waals surface area contributed by atoms with Gasteiger partial charge in [-0.15, -0.1) is 0 Å². The summed E-state index contributed by atoms with van der Waals surface area (Å²) in [6.45, 7) is 0.409. The van der Waals surface area contributed by atoms with Crippen molar-refractivity contribution in [2.24, 2.45) is 0 Å². The van der Waals surface area contributed by atoms with Crippen LogP contribution in [0.5, 0.6) is 0 Å². The van der Waals surface area contributed by atoms with Gasteiger partial charge in [-0.3, -0.25) is 4.79 Å². The average molecular weight is 329 g/mol. The van der Waals surface area contributed by atoms with Gasteiger partial charge in [0.15, 0.2) is 0 Å². The molecule has 3 rings (SSSR count). The number of carbonyl (C=O) groups excluding carboxylic acids is 1. The molecule has 124 valence electrons. The third-order valence-electron chi connectivity index (χ3n) is 3.97. The molecule has 1 aromatic carbocycles. The number of imidazole rings is 1. The zero-order valence-electron chi connectivity index (χ0n) is 12.2. The lowest BCUT2D eigenvalue weighted by Crippen LogP contribution is -2.31.